The molecule has 1 amide bonds. The first-order valence-corrected chi connectivity index (χ1v) is 6.88. The molecule has 1 aliphatic carbocycles. The number of hydrogen-bond donors (Lipinski definition) is 3. The Morgan fingerprint density at radius 1 is 1.41 bits per heavy atom. The number of anilines is 2. The van der Waals surface area contributed by atoms with Crippen molar-refractivity contribution in [3.8, 4) is 0 Å². The van der Waals surface area contributed by atoms with Crippen LogP contribution < -0.4 is 10.6 Å². The molecule has 0 radical (unpaired) electrons. The number of hydrogen-bond acceptors (Lipinski definition) is 5. The van der Waals surface area contributed by atoms with E-state index in [1.54, 1.807) is 6.07 Å². The lowest BCUT2D eigenvalue weighted by Crippen LogP contribution is -2.41. The summed E-state index contributed by atoms with van der Waals surface area (Å²) in [7, 11) is 0. The van der Waals surface area contributed by atoms with Gasteiger partial charge in [-0.1, -0.05) is 0 Å². The van der Waals surface area contributed by atoms with Gasteiger partial charge in [-0.25, -0.2) is 9.78 Å². The van der Waals surface area contributed by atoms with Gasteiger partial charge in [0.1, 0.15) is 11.9 Å². The summed E-state index contributed by atoms with van der Waals surface area (Å²) in [4.78, 5) is 38.5. The standard InChI is InChI=1S/C14H17N3O5/c15-9-3-5-11(16-13(9)8-1-2-8)17(7-18)10(14(21)22)4-6-12(19)20/h3,5,7-8,10H,1-2,4,6,15H2,(H,19,20)(H,21,22)/t10-/m0/s1. The normalized spacial score (nSPS) is 15.1. The Hall–Kier alpha value is -2.64. The summed E-state index contributed by atoms with van der Waals surface area (Å²) in [5.74, 6) is -1.99. The number of amides is 1. The van der Waals surface area contributed by atoms with E-state index in [9.17, 15) is 19.5 Å². The number of carbonyl (C=O) groups excluding carboxylic acids is 1. The Kier molecular flexibility index (Phi) is 4.59. The van der Waals surface area contributed by atoms with Gasteiger partial charge in [-0.15, -0.1) is 0 Å². The van der Waals surface area contributed by atoms with E-state index in [0.717, 1.165) is 17.7 Å². The molecule has 0 unspecified atom stereocenters. The highest BCUT2D eigenvalue weighted by Gasteiger charge is 2.31. The number of rotatable bonds is 8. The predicted octanol–water partition coefficient (Wildman–Crippen LogP) is 0.822. The molecule has 118 valence electrons. The summed E-state index contributed by atoms with van der Waals surface area (Å²) in [5.41, 5.74) is 7.01. The lowest BCUT2D eigenvalue weighted by molar-refractivity contribution is -0.140. The van der Waals surface area contributed by atoms with Crippen LogP contribution in [0.1, 0.15) is 37.3 Å². The van der Waals surface area contributed by atoms with Crippen molar-refractivity contribution in [2.45, 2.75) is 37.6 Å². The molecule has 1 saturated carbocycles. The van der Waals surface area contributed by atoms with Gasteiger partial charge in [-0.3, -0.25) is 14.5 Å². The van der Waals surface area contributed by atoms with Crippen molar-refractivity contribution in [2.24, 2.45) is 0 Å². The summed E-state index contributed by atoms with van der Waals surface area (Å²) >= 11 is 0. The second-order valence-electron chi connectivity index (χ2n) is 5.22. The van der Waals surface area contributed by atoms with E-state index in [4.69, 9.17) is 10.8 Å². The van der Waals surface area contributed by atoms with E-state index in [2.05, 4.69) is 4.98 Å². The monoisotopic (exact) mass is 307 g/mol. The molecule has 1 fully saturated rings. The third kappa shape index (κ3) is 3.51. The lowest BCUT2D eigenvalue weighted by Gasteiger charge is -2.24. The topological polar surface area (TPSA) is 134 Å². The summed E-state index contributed by atoms with van der Waals surface area (Å²) in [6, 6.07) is 1.77. The average molecular weight is 307 g/mol. The molecule has 8 heteroatoms. The van der Waals surface area contributed by atoms with Crippen LogP contribution in [0.4, 0.5) is 11.5 Å². The summed E-state index contributed by atoms with van der Waals surface area (Å²) in [5, 5.41) is 17.9. The molecule has 4 N–H and O–H groups in total. The maximum absolute atomic E-state index is 11.3. The Morgan fingerprint density at radius 2 is 2.09 bits per heavy atom. The van der Waals surface area contributed by atoms with Gasteiger partial charge in [0.05, 0.1) is 11.4 Å². The number of nitrogens with two attached hydrogens (primary N) is 1. The highest BCUT2D eigenvalue weighted by molar-refractivity contribution is 5.87. The maximum atomic E-state index is 11.3. The smallest absolute Gasteiger partial charge is 0.326 e. The highest BCUT2D eigenvalue weighted by atomic mass is 16.4. The van der Waals surface area contributed by atoms with Gasteiger partial charge < -0.3 is 15.9 Å². The van der Waals surface area contributed by atoms with Crippen LogP contribution in [0.15, 0.2) is 12.1 Å². The fraction of sp³-hybridized carbons (Fsp3) is 0.429. The van der Waals surface area contributed by atoms with Gasteiger partial charge >= 0.3 is 11.9 Å². The first-order chi connectivity index (χ1) is 10.4. The maximum Gasteiger partial charge on any atom is 0.326 e. The molecule has 22 heavy (non-hydrogen) atoms. The zero-order chi connectivity index (χ0) is 16.3. The number of carboxylic acids is 2. The quantitative estimate of drug-likeness (QED) is 0.605. The second kappa shape index (κ2) is 6.42. The van der Waals surface area contributed by atoms with Crippen molar-refractivity contribution in [3.05, 3.63) is 17.8 Å². The van der Waals surface area contributed by atoms with Crippen LogP contribution in [0.25, 0.3) is 0 Å². The van der Waals surface area contributed by atoms with Crippen molar-refractivity contribution >= 4 is 29.9 Å². The number of aromatic nitrogens is 1. The molecule has 1 aromatic rings. The molecule has 0 spiro atoms. The molecule has 1 aliphatic rings. The number of carboxylic acid groups (broad SMARTS) is 2. The van der Waals surface area contributed by atoms with Crippen molar-refractivity contribution in [1.82, 2.24) is 4.98 Å². The first-order valence-electron chi connectivity index (χ1n) is 6.88. The van der Waals surface area contributed by atoms with Crippen LogP contribution in [0.2, 0.25) is 0 Å². The average Bonchev–Trinajstić information content (AvgIpc) is 3.28. The van der Waals surface area contributed by atoms with Crippen molar-refractivity contribution in [3.63, 3.8) is 0 Å². The molecule has 0 aromatic carbocycles. The van der Waals surface area contributed by atoms with E-state index in [1.165, 1.54) is 6.07 Å². The Balaban J connectivity index is 2.28. The fourth-order valence-electron chi connectivity index (χ4n) is 2.23. The van der Waals surface area contributed by atoms with Gasteiger partial charge in [0, 0.05) is 12.3 Å². The van der Waals surface area contributed by atoms with Crippen molar-refractivity contribution < 1.29 is 24.6 Å². The fourth-order valence-corrected chi connectivity index (χ4v) is 2.23. The van der Waals surface area contributed by atoms with E-state index in [1.807, 2.05) is 0 Å². The van der Waals surface area contributed by atoms with Crippen LogP contribution in [0, 0.1) is 0 Å². The van der Waals surface area contributed by atoms with E-state index >= 15 is 0 Å². The Labute approximate surface area is 126 Å². The molecule has 1 atom stereocenters. The minimum atomic E-state index is -1.28. The Morgan fingerprint density at radius 3 is 2.59 bits per heavy atom. The number of nitrogens with zero attached hydrogens (tertiary/aromatic N) is 2. The molecule has 1 heterocycles. The van der Waals surface area contributed by atoms with Gasteiger partial charge in [0.25, 0.3) is 0 Å². The summed E-state index contributed by atoms with van der Waals surface area (Å²) in [6.07, 6.45) is 1.72. The summed E-state index contributed by atoms with van der Waals surface area (Å²) < 4.78 is 0. The lowest BCUT2D eigenvalue weighted by atomic mass is 10.1. The van der Waals surface area contributed by atoms with Crippen LogP contribution in [-0.4, -0.2) is 39.6 Å². The van der Waals surface area contributed by atoms with Crippen LogP contribution in [0.5, 0.6) is 0 Å². The first kappa shape index (κ1) is 15.7. The molecule has 8 nitrogen and oxygen atoms in total. The molecule has 0 bridgehead atoms. The van der Waals surface area contributed by atoms with E-state index in [-0.39, 0.29) is 24.6 Å². The SMILES string of the molecule is Nc1ccc(N(C=O)[C@@H](CCC(=O)O)C(=O)O)nc1C1CC1. The van der Waals surface area contributed by atoms with E-state index < -0.39 is 18.0 Å². The molecule has 0 aliphatic heterocycles. The third-order valence-electron chi connectivity index (χ3n) is 3.54. The second-order valence-corrected chi connectivity index (χ2v) is 5.22. The molecule has 2 rings (SSSR count). The number of aliphatic carboxylic acids is 2. The van der Waals surface area contributed by atoms with Crippen LogP contribution >= 0.6 is 0 Å². The third-order valence-corrected chi connectivity index (χ3v) is 3.54. The van der Waals surface area contributed by atoms with Gasteiger partial charge in [-0.2, -0.15) is 0 Å². The Bertz CT molecular complexity index is 600. The highest BCUT2D eigenvalue weighted by Crippen LogP contribution is 2.42. The van der Waals surface area contributed by atoms with Crippen molar-refractivity contribution in [1.29, 1.82) is 0 Å². The molecular weight excluding hydrogens is 290 g/mol. The largest absolute Gasteiger partial charge is 0.481 e. The molecule has 1 aromatic heterocycles. The molecular formula is C14H17N3O5. The summed E-state index contributed by atoms with van der Waals surface area (Å²) in [6.45, 7) is 0. The minimum absolute atomic E-state index is 0.170. The van der Waals surface area contributed by atoms with Gasteiger partial charge in [-0.05, 0) is 31.4 Å². The number of pyridine rings is 1. The van der Waals surface area contributed by atoms with Crippen molar-refractivity contribution in [2.75, 3.05) is 10.6 Å². The zero-order valence-electron chi connectivity index (χ0n) is 11.8. The number of nitrogen functional groups attached to an aromatic ring is 1. The van der Waals surface area contributed by atoms with E-state index in [0.29, 0.717) is 17.8 Å². The van der Waals surface area contributed by atoms with Gasteiger partial charge in [0.15, 0.2) is 0 Å². The van der Waals surface area contributed by atoms with Gasteiger partial charge in [0.2, 0.25) is 6.41 Å². The van der Waals surface area contributed by atoms with Crippen LogP contribution in [-0.2, 0) is 14.4 Å². The zero-order valence-corrected chi connectivity index (χ0v) is 11.8. The number of carbonyl (C=O) groups is 3. The minimum Gasteiger partial charge on any atom is -0.481 e. The molecule has 0 saturated heterocycles. The van der Waals surface area contributed by atoms with Crippen LogP contribution in [0.3, 0.4) is 0 Å². The predicted molar refractivity (Wildman–Crippen MR) is 77.5 cm³/mol.